The van der Waals surface area contributed by atoms with Crippen LogP contribution >= 0.6 is 0 Å². The monoisotopic (exact) mass is 250 g/mol. The van der Waals surface area contributed by atoms with E-state index in [0.717, 1.165) is 24.2 Å². The molecule has 1 aliphatic carbocycles. The maximum Gasteiger partial charge on any atom is 0.189 e. The number of hydrogen-bond donors (Lipinski definition) is 0. The van der Waals surface area contributed by atoms with Crippen LogP contribution < -0.4 is 0 Å². The summed E-state index contributed by atoms with van der Waals surface area (Å²) in [6, 6.07) is 7.65. The fraction of sp³-hybridized carbons (Fsp3) is 0.429. The highest BCUT2D eigenvalue weighted by atomic mass is 32.2. The van der Waals surface area contributed by atoms with E-state index in [0.29, 0.717) is 0 Å². The van der Waals surface area contributed by atoms with Crippen molar-refractivity contribution in [1.82, 2.24) is 0 Å². The van der Waals surface area contributed by atoms with Gasteiger partial charge in [0.05, 0.1) is 11.0 Å². The maximum atomic E-state index is 12.0. The molecule has 2 atom stereocenters. The van der Waals surface area contributed by atoms with E-state index in [4.69, 9.17) is 4.18 Å². The normalized spacial score (nSPS) is 22.1. The largest absolute Gasteiger partial charge is 0.279 e. The van der Waals surface area contributed by atoms with Crippen LogP contribution in [0.3, 0.4) is 0 Å². The molecule has 92 valence electrons. The first-order valence-corrected chi connectivity index (χ1v) is 7.15. The SMILES string of the molecule is Cc1ccc(S(=O)OC2C=CCCCC2)cc1. The zero-order valence-electron chi connectivity index (χ0n) is 10.1. The van der Waals surface area contributed by atoms with E-state index in [1.165, 1.54) is 12.0 Å². The van der Waals surface area contributed by atoms with Gasteiger partial charge in [-0.05, 0) is 38.3 Å². The van der Waals surface area contributed by atoms with Crippen LogP contribution in [0.2, 0.25) is 0 Å². The minimum Gasteiger partial charge on any atom is -0.279 e. The predicted molar refractivity (Wildman–Crippen MR) is 70.1 cm³/mol. The summed E-state index contributed by atoms with van der Waals surface area (Å²) in [5.74, 6) is 0. The van der Waals surface area contributed by atoms with Gasteiger partial charge in [0.25, 0.3) is 0 Å². The summed E-state index contributed by atoms with van der Waals surface area (Å²) in [6.45, 7) is 2.02. The van der Waals surface area contributed by atoms with Crippen LogP contribution in [0.5, 0.6) is 0 Å². The molecule has 2 unspecified atom stereocenters. The van der Waals surface area contributed by atoms with E-state index in [1.54, 1.807) is 0 Å². The quantitative estimate of drug-likeness (QED) is 0.767. The molecule has 0 aromatic heterocycles. The Balaban J connectivity index is 1.98. The van der Waals surface area contributed by atoms with Crippen LogP contribution in [-0.4, -0.2) is 10.3 Å². The lowest BCUT2D eigenvalue weighted by atomic mass is 10.2. The molecule has 0 bridgehead atoms. The Labute approximate surface area is 105 Å². The second-order valence-corrected chi connectivity index (χ2v) is 5.53. The molecule has 1 aromatic rings. The van der Waals surface area contributed by atoms with Crippen molar-refractivity contribution in [2.24, 2.45) is 0 Å². The van der Waals surface area contributed by atoms with E-state index < -0.39 is 11.1 Å². The van der Waals surface area contributed by atoms with E-state index >= 15 is 0 Å². The summed E-state index contributed by atoms with van der Waals surface area (Å²) in [4.78, 5) is 0.744. The number of hydrogen-bond acceptors (Lipinski definition) is 2. The van der Waals surface area contributed by atoms with Gasteiger partial charge in [-0.15, -0.1) is 0 Å². The minimum absolute atomic E-state index is 0.000337. The number of benzene rings is 1. The Morgan fingerprint density at radius 2 is 2.00 bits per heavy atom. The molecule has 0 saturated carbocycles. The van der Waals surface area contributed by atoms with Crippen LogP contribution in [0, 0.1) is 6.92 Å². The molecule has 2 nitrogen and oxygen atoms in total. The van der Waals surface area contributed by atoms with Crippen molar-refractivity contribution in [3.05, 3.63) is 42.0 Å². The lowest BCUT2D eigenvalue weighted by molar-refractivity contribution is 0.262. The molecule has 3 heteroatoms. The van der Waals surface area contributed by atoms with Crippen molar-refractivity contribution in [3.8, 4) is 0 Å². The van der Waals surface area contributed by atoms with Crippen LogP contribution in [0.4, 0.5) is 0 Å². The van der Waals surface area contributed by atoms with Crippen LogP contribution in [-0.2, 0) is 15.3 Å². The van der Waals surface area contributed by atoms with Gasteiger partial charge in [0.1, 0.15) is 0 Å². The summed E-state index contributed by atoms with van der Waals surface area (Å²) in [6.07, 6.45) is 8.59. The molecule has 1 aromatic carbocycles. The highest BCUT2D eigenvalue weighted by molar-refractivity contribution is 7.80. The first-order valence-electron chi connectivity index (χ1n) is 6.08. The second-order valence-electron chi connectivity index (χ2n) is 4.40. The molecule has 0 fully saturated rings. The average molecular weight is 250 g/mol. The van der Waals surface area contributed by atoms with Crippen molar-refractivity contribution in [2.75, 3.05) is 0 Å². The Morgan fingerprint density at radius 3 is 2.76 bits per heavy atom. The third-order valence-corrected chi connectivity index (χ3v) is 3.96. The summed E-state index contributed by atoms with van der Waals surface area (Å²) < 4.78 is 17.6. The zero-order valence-corrected chi connectivity index (χ0v) is 10.9. The fourth-order valence-corrected chi connectivity index (χ4v) is 2.70. The molecular weight excluding hydrogens is 232 g/mol. The van der Waals surface area contributed by atoms with Crippen LogP contribution in [0.15, 0.2) is 41.3 Å². The summed E-state index contributed by atoms with van der Waals surface area (Å²) in [5.41, 5.74) is 1.17. The number of rotatable bonds is 3. The average Bonchev–Trinajstić information content (AvgIpc) is 2.58. The van der Waals surface area contributed by atoms with Gasteiger partial charge in [-0.2, -0.15) is 0 Å². The van der Waals surface area contributed by atoms with Crippen molar-refractivity contribution >= 4 is 11.1 Å². The van der Waals surface area contributed by atoms with E-state index in [9.17, 15) is 4.21 Å². The summed E-state index contributed by atoms with van der Waals surface area (Å²) in [7, 11) is 0. The Kier molecular flexibility index (Phi) is 4.51. The summed E-state index contributed by atoms with van der Waals surface area (Å²) in [5, 5.41) is 0. The third kappa shape index (κ3) is 3.79. The second kappa shape index (κ2) is 6.12. The molecule has 0 aliphatic heterocycles. The maximum absolute atomic E-state index is 12.0. The molecule has 0 heterocycles. The van der Waals surface area contributed by atoms with Gasteiger partial charge >= 0.3 is 0 Å². The van der Waals surface area contributed by atoms with Gasteiger partial charge in [0.15, 0.2) is 11.1 Å². The minimum atomic E-state index is -1.35. The lowest BCUT2D eigenvalue weighted by Gasteiger charge is -2.11. The van der Waals surface area contributed by atoms with E-state index in [2.05, 4.69) is 6.08 Å². The molecule has 0 spiro atoms. The van der Waals surface area contributed by atoms with Crippen molar-refractivity contribution in [2.45, 2.75) is 43.6 Å². The highest BCUT2D eigenvalue weighted by Crippen LogP contribution is 2.18. The van der Waals surface area contributed by atoms with Gasteiger partial charge < -0.3 is 0 Å². The zero-order chi connectivity index (χ0) is 12.1. The smallest absolute Gasteiger partial charge is 0.189 e. The summed E-state index contributed by atoms with van der Waals surface area (Å²) >= 11 is -1.35. The number of allylic oxidation sites excluding steroid dienone is 1. The third-order valence-electron chi connectivity index (χ3n) is 2.88. The molecule has 2 rings (SSSR count). The molecule has 0 radical (unpaired) electrons. The van der Waals surface area contributed by atoms with Crippen molar-refractivity contribution in [3.63, 3.8) is 0 Å². The topological polar surface area (TPSA) is 26.3 Å². The first-order chi connectivity index (χ1) is 8.25. The lowest BCUT2D eigenvalue weighted by Crippen LogP contribution is -2.11. The molecule has 0 N–H and O–H groups in total. The molecule has 0 amide bonds. The van der Waals surface area contributed by atoms with Gasteiger partial charge in [0.2, 0.25) is 0 Å². The standard InChI is InChI=1S/C14H18O2S/c1-12-8-10-14(11-9-12)17(15)16-13-6-4-2-3-5-7-13/h4,6,8-11,13H,2-3,5,7H2,1H3. The predicted octanol–water partition coefficient (Wildman–Crippen LogP) is 3.53. The van der Waals surface area contributed by atoms with Crippen LogP contribution in [0.25, 0.3) is 0 Å². The first kappa shape index (κ1) is 12.5. The van der Waals surface area contributed by atoms with Crippen LogP contribution in [0.1, 0.15) is 31.2 Å². The van der Waals surface area contributed by atoms with Gasteiger partial charge in [0, 0.05) is 0 Å². The van der Waals surface area contributed by atoms with E-state index in [1.807, 2.05) is 37.3 Å². The Bertz CT molecular complexity index is 409. The number of aryl methyl sites for hydroxylation is 1. The fourth-order valence-electron chi connectivity index (χ4n) is 1.85. The van der Waals surface area contributed by atoms with E-state index in [-0.39, 0.29) is 6.10 Å². The van der Waals surface area contributed by atoms with Gasteiger partial charge in [-0.3, -0.25) is 4.18 Å². The Morgan fingerprint density at radius 1 is 1.24 bits per heavy atom. The molecule has 0 saturated heterocycles. The highest BCUT2D eigenvalue weighted by Gasteiger charge is 2.13. The van der Waals surface area contributed by atoms with Gasteiger partial charge in [-0.1, -0.05) is 36.3 Å². The van der Waals surface area contributed by atoms with Crippen molar-refractivity contribution < 1.29 is 8.39 Å². The van der Waals surface area contributed by atoms with Crippen molar-refractivity contribution in [1.29, 1.82) is 0 Å². The molecule has 17 heavy (non-hydrogen) atoms. The van der Waals surface area contributed by atoms with Gasteiger partial charge in [-0.25, -0.2) is 4.21 Å². The molecule has 1 aliphatic rings. The Hall–Kier alpha value is -0.930. The molecular formula is C14H18O2S.